The van der Waals surface area contributed by atoms with Crippen molar-refractivity contribution >= 4 is 6.98 Å². The van der Waals surface area contributed by atoms with Crippen LogP contribution in [-0.4, -0.2) is 13.5 Å². The van der Waals surface area contributed by atoms with Gasteiger partial charge in [-0.15, -0.1) is 0 Å². The summed E-state index contributed by atoms with van der Waals surface area (Å²) in [6.07, 6.45) is 4.25. The van der Waals surface area contributed by atoms with Crippen LogP contribution in [0, 0.1) is 0 Å². The van der Waals surface area contributed by atoms with Crippen molar-refractivity contribution in [1.29, 1.82) is 0 Å². The summed E-state index contributed by atoms with van der Waals surface area (Å²) in [7, 11) is 0. The molecule has 1 aliphatic rings. The molecule has 0 aliphatic heterocycles. The van der Waals surface area contributed by atoms with Gasteiger partial charge in [-0.2, -0.15) is 0 Å². The first-order valence-corrected chi connectivity index (χ1v) is 5.50. The maximum Gasteiger partial charge on any atom is 1.00 e. The molecule has 0 radical (unpaired) electrons. The van der Waals surface area contributed by atoms with E-state index in [0.29, 0.717) is 5.75 Å². The van der Waals surface area contributed by atoms with Gasteiger partial charge >= 0.3 is 58.4 Å². The van der Waals surface area contributed by atoms with E-state index < -0.39 is 13.5 Å². The van der Waals surface area contributed by atoms with E-state index in [-0.39, 0.29) is 51.4 Å². The molecule has 0 unspecified atom stereocenters. The molecule has 0 fully saturated rings. The number of aryl methyl sites for hydroxylation is 2. The Morgan fingerprint density at radius 2 is 1.71 bits per heavy atom. The van der Waals surface area contributed by atoms with Gasteiger partial charge < -0.3 is 17.7 Å². The summed E-state index contributed by atoms with van der Waals surface area (Å²) in [4.78, 5) is 0. The number of rotatable bonds is 3. The van der Waals surface area contributed by atoms with Crippen LogP contribution in [0.15, 0.2) is 18.2 Å². The number of hydrogen-bond acceptors (Lipinski definition) is 1. The van der Waals surface area contributed by atoms with Crippen molar-refractivity contribution < 1.29 is 69.1 Å². The number of benzene rings is 1. The van der Waals surface area contributed by atoms with Gasteiger partial charge in [-0.05, 0) is 48.9 Å². The van der Waals surface area contributed by atoms with Crippen LogP contribution in [0.4, 0.5) is 12.9 Å². The van der Waals surface area contributed by atoms with Crippen molar-refractivity contribution in [3.05, 3.63) is 29.3 Å². The summed E-state index contributed by atoms with van der Waals surface area (Å²) in [5.41, 5.74) is 2.38. The molecule has 0 saturated heterocycles. The fraction of sp³-hybridized carbons (Fsp3) is 0.455. The van der Waals surface area contributed by atoms with Crippen LogP contribution in [0.5, 0.6) is 5.75 Å². The minimum absolute atomic E-state index is 0. The summed E-state index contributed by atoms with van der Waals surface area (Å²) in [5.74, 6) is 0.333. The van der Waals surface area contributed by atoms with Crippen LogP contribution in [0.1, 0.15) is 24.0 Å². The average Bonchev–Trinajstić information content (AvgIpc) is 2.25. The summed E-state index contributed by atoms with van der Waals surface area (Å²) >= 11 is 0. The van der Waals surface area contributed by atoms with Gasteiger partial charge in [-0.25, -0.2) is 0 Å². The molecule has 1 aromatic rings. The second-order valence-corrected chi connectivity index (χ2v) is 4.16. The van der Waals surface area contributed by atoms with Crippen molar-refractivity contribution in [2.45, 2.75) is 25.7 Å². The van der Waals surface area contributed by atoms with E-state index in [1.807, 2.05) is 6.07 Å². The summed E-state index contributed by atoms with van der Waals surface area (Å²) in [5, 5.41) is 0. The second kappa shape index (κ2) is 6.61. The molecule has 1 aromatic carbocycles. The predicted octanol–water partition coefficient (Wildman–Crippen LogP) is 0.335. The molecule has 2 rings (SSSR count). The van der Waals surface area contributed by atoms with Gasteiger partial charge in [-0.3, -0.25) is 0 Å². The predicted molar refractivity (Wildman–Crippen MR) is 57.7 cm³/mol. The molecular weight excluding hydrogens is 255 g/mol. The molecule has 6 heteroatoms. The Kier molecular flexibility index (Phi) is 6.06. The van der Waals surface area contributed by atoms with Crippen molar-refractivity contribution in [1.82, 2.24) is 0 Å². The first-order valence-electron chi connectivity index (χ1n) is 5.50. The van der Waals surface area contributed by atoms with Gasteiger partial charge in [0.25, 0.3) is 0 Å². The molecule has 0 atom stereocenters. The van der Waals surface area contributed by atoms with E-state index >= 15 is 0 Å². The molecule has 0 bridgehead atoms. The van der Waals surface area contributed by atoms with Gasteiger partial charge in [-0.1, -0.05) is 6.07 Å². The standard InChI is InChI=1S/C11H13BF3O.K/c13-12(14,15)8-16-11-6-5-9-3-1-2-4-10(9)7-11;/h5-7H,1-4,8H2;/q-1;+1. The molecule has 17 heavy (non-hydrogen) atoms. The Morgan fingerprint density at radius 3 is 2.35 bits per heavy atom. The number of ether oxygens (including phenoxy) is 1. The van der Waals surface area contributed by atoms with Gasteiger partial charge in [0.1, 0.15) is 5.75 Å². The van der Waals surface area contributed by atoms with Crippen LogP contribution in [-0.2, 0) is 12.8 Å². The van der Waals surface area contributed by atoms with Crippen molar-refractivity contribution in [2.75, 3.05) is 6.51 Å². The maximum atomic E-state index is 12.0. The first-order chi connectivity index (χ1) is 7.54. The molecule has 0 saturated carbocycles. The topological polar surface area (TPSA) is 9.23 Å². The van der Waals surface area contributed by atoms with Gasteiger partial charge in [0, 0.05) is 0 Å². The van der Waals surface area contributed by atoms with E-state index in [4.69, 9.17) is 4.74 Å². The van der Waals surface area contributed by atoms with Gasteiger partial charge in [0.15, 0.2) is 0 Å². The Morgan fingerprint density at radius 1 is 1.06 bits per heavy atom. The zero-order valence-corrected chi connectivity index (χ0v) is 13.0. The molecule has 88 valence electrons. The van der Waals surface area contributed by atoms with Crippen LogP contribution < -0.4 is 56.1 Å². The summed E-state index contributed by atoms with van der Waals surface area (Å²) in [6.45, 7) is -6.02. The molecule has 0 aromatic heterocycles. The van der Waals surface area contributed by atoms with Crippen molar-refractivity contribution in [2.24, 2.45) is 0 Å². The minimum atomic E-state index is -4.87. The van der Waals surface area contributed by atoms with Crippen LogP contribution >= 0.6 is 0 Å². The molecule has 1 aliphatic carbocycles. The zero-order valence-electron chi connectivity index (χ0n) is 9.89. The Balaban J connectivity index is 0.00000144. The number of hydrogen-bond donors (Lipinski definition) is 0. The quantitative estimate of drug-likeness (QED) is 0.718. The molecule has 0 spiro atoms. The third-order valence-corrected chi connectivity index (χ3v) is 2.76. The normalized spacial score (nSPS) is 14.8. The summed E-state index contributed by atoms with van der Waals surface area (Å²) < 4.78 is 40.8. The van der Waals surface area contributed by atoms with E-state index in [9.17, 15) is 12.9 Å². The van der Waals surface area contributed by atoms with Gasteiger partial charge in [0.05, 0.1) is 6.51 Å². The molecular formula is C11H13BF3KO. The van der Waals surface area contributed by atoms with Gasteiger partial charge in [0.2, 0.25) is 0 Å². The van der Waals surface area contributed by atoms with E-state index in [1.54, 1.807) is 12.1 Å². The van der Waals surface area contributed by atoms with Crippen LogP contribution in [0.25, 0.3) is 0 Å². The number of fused-ring (bicyclic) bond motifs is 1. The fourth-order valence-electron chi connectivity index (χ4n) is 1.99. The Bertz CT molecular complexity index is 381. The first kappa shape index (κ1) is 15.6. The van der Waals surface area contributed by atoms with Crippen LogP contribution in [0.3, 0.4) is 0 Å². The SMILES string of the molecule is F[B-](F)(F)COc1ccc2c(c1)CCCC2.[K+]. The molecule has 0 heterocycles. The summed E-state index contributed by atoms with van der Waals surface area (Å²) in [6, 6.07) is 5.26. The third kappa shape index (κ3) is 4.95. The number of halogens is 3. The van der Waals surface area contributed by atoms with Crippen molar-refractivity contribution in [3.63, 3.8) is 0 Å². The average molecular weight is 268 g/mol. The Hall–Kier alpha value is 0.511. The maximum absolute atomic E-state index is 12.0. The van der Waals surface area contributed by atoms with Crippen molar-refractivity contribution in [3.8, 4) is 5.75 Å². The second-order valence-electron chi connectivity index (χ2n) is 4.16. The third-order valence-electron chi connectivity index (χ3n) is 2.76. The molecule has 1 nitrogen and oxygen atoms in total. The largest absolute Gasteiger partial charge is 1.00 e. The van der Waals surface area contributed by atoms with E-state index in [1.165, 1.54) is 12.0 Å². The van der Waals surface area contributed by atoms with E-state index in [2.05, 4.69) is 0 Å². The molecule has 0 N–H and O–H groups in total. The fourth-order valence-corrected chi connectivity index (χ4v) is 1.99. The minimum Gasteiger partial charge on any atom is -0.522 e. The Labute approximate surface area is 142 Å². The van der Waals surface area contributed by atoms with Crippen LogP contribution in [0.2, 0.25) is 0 Å². The molecule has 0 amide bonds. The zero-order chi connectivity index (χ0) is 11.6. The smallest absolute Gasteiger partial charge is 0.522 e. The van der Waals surface area contributed by atoms with E-state index in [0.717, 1.165) is 24.8 Å². The monoisotopic (exact) mass is 268 g/mol.